The first-order valence-corrected chi connectivity index (χ1v) is 10.4. The summed E-state index contributed by atoms with van der Waals surface area (Å²) in [6.07, 6.45) is -2.36. The van der Waals surface area contributed by atoms with Gasteiger partial charge in [0.05, 0.1) is 23.0 Å². The van der Waals surface area contributed by atoms with Crippen molar-refractivity contribution in [1.29, 1.82) is 0 Å². The zero-order chi connectivity index (χ0) is 26.3. The highest BCUT2D eigenvalue weighted by molar-refractivity contribution is 6.00. The molecule has 0 saturated carbocycles. The van der Waals surface area contributed by atoms with Crippen molar-refractivity contribution in [2.75, 3.05) is 0 Å². The molecule has 0 bridgehead atoms. The molecular weight excluding hydrogens is 486 g/mol. The van der Waals surface area contributed by atoms with Gasteiger partial charge in [-0.05, 0) is 43.7 Å². The average Bonchev–Trinajstić information content (AvgIpc) is 3.22. The molecule has 36 heavy (non-hydrogen) atoms. The molecule has 0 radical (unpaired) electrons. The van der Waals surface area contributed by atoms with Gasteiger partial charge in [-0.25, -0.2) is 13.9 Å². The predicted molar refractivity (Wildman–Crippen MR) is 119 cm³/mol. The van der Waals surface area contributed by atoms with E-state index in [9.17, 15) is 32.3 Å². The summed E-state index contributed by atoms with van der Waals surface area (Å²) >= 11 is 0. The summed E-state index contributed by atoms with van der Waals surface area (Å²) in [6.45, 7) is 2.65. The topological polar surface area (TPSA) is 122 Å². The number of fused-ring (bicyclic) bond motifs is 1. The van der Waals surface area contributed by atoms with Crippen molar-refractivity contribution >= 4 is 11.6 Å². The minimum atomic E-state index is -5.10. The van der Waals surface area contributed by atoms with E-state index in [2.05, 4.69) is 25.1 Å². The molecule has 1 atom stereocenters. The van der Waals surface area contributed by atoms with Gasteiger partial charge >= 0.3 is 6.36 Å². The van der Waals surface area contributed by atoms with Gasteiger partial charge in [-0.1, -0.05) is 12.1 Å². The molecule has 0 spiro atoms. The van der Waals surface area contributed by atoms with Crippen LogP contribution in [-0.2, 0) is 0 Å². The lowest BCUT2D eigenvalue weighted by atomic mass is 9.91. The Morgan fingerprint density at radius 1 is 1.17 bits per heavy atom. The van der Waals surface area contributed by atoms with E-state index >= 15 is 0 Å². The number of carbonyl (C=O) groups is 1. The van der Waals surface area contributed by atoms with Crippen LogP contribution in [-0.4, -0.2) is 42.6 Å². The summed E-state index contributed by atoms with van der Waals surface area (Å²) in [5.41, 5.74) is -1.70. The second-order valence-electron chi connectivity index (χ2n) is 8.34. The van der Waals surface area contributed by atoms with E-state index in [4.69, 9.17) is 0 Å². The molecule has 4 rings (SSSR count). The molecule has 1 aromatic carbocycles. The summed E-state index contributed by atoms with van der Waals surface area (Å²) in [4.78, 5) is 34.2. The fourth-order valence-electron chi connectivity index (χ4n) is 3.57. The van der Waals surface area contributed by atoms with Crippen LogP contribution in [0.3, 0.4) is 0 Å². The number of benzene rings is 1. The van der Waals surface area contributed by atoms with Gasteiger partial charge in [0.25, 0.3) is 11.5 Å². The fraction of sp³-hybridized carbons (Fsp3) is 0.217. The summed E-state index contributed by atoms with van der Waals surface area (Å²) in [5, 5.41) is 15.8. The third-order valence-corrected chi connectivity index (χ3v) is 5.17. The monoisotopic (exact) mass is 505 g/mol. The number of hydrogen-bond acceptors (Lipinski definition) is 6. The molecule has 13 heteroatoms. The lowest BCUT2D eigenvalue weighted by Gasteiger charge is -2.30. The standard InChI is InChI=1S/C23H19F4N5O4/c1-22(2,35)19(12-6-7-17(14(24)9-12)36-23(25,26)27)31-21(34)13-11-29-32-18(33)10-16(30-20(13)32)15-5-3-4-8-28-15/h3-11,19,29,35H,1-2H3,(H,31,34)/t19-/m0/s1. The van der Waals surface area contributed by atoms with E-state index in [0.29, 0.717) is 5.69 Å². The van der Waals surface area contributed by atoms with Gasteiger partial charge in [0.2, 0.25) is 0 Å². The number of H-pyrrole nitrogens is 1. The summed E-state index contributed by atoms with van der Waals surface area (Å²) < 4.78 is 56.4. The molecule has 0 aliphatic rings. The van der Waals surface area contributed by atoms with Crippen molar-refractivity contribution < 1.29 is 32.2 Å². The Morgan fingerprint density at radius 2 is 1.92 bits per heavy atom. The molecule has 0 fully saturated rings. The first-order chi connectivity index (χ1) is 16.8. The maximum absolute atomic E-state index is 14.3. The zero-order valence-corrected chi connectivity index (χ0v) is 18.8. The summed E-state index contributed by atoms with van der Waals surface area (Å²) in [5.74, 6) is -3.19. The van der Waals surface area contributed by atoms with Gasteiger partial charge < -0.3 is 15.2 Å². The quantitative estimate of drug-likeness (QED) is 0.346. The Bertz CT molecular complexity index is 1480. The number of aromatic amines is 1. The second kappa shape index (κ2) is 9.07. The number of pyridine rings is 1. The van der Waals surface area contributed by atoms with Gasteiger partial charge in [0, 0.05) is 18.5 Å². The molecule has 1 amide bonds. The molecule has 3 aromatic heterocycles. The third kappa shape index (κ3) is 5.20. The maximum Gasteiger partial charge on any atom is 0.573 e. The van der Waals surface area contributed by atoms with E-state index < -0.39 is 41.0 Å². The van der Waals surface area contributed by atoms with Crippen molar-refractivity contribution in [2.45, 2.75) is 31.9 Å². The predicted octanol–water partition coefficient (Wildman–Crippen LogP) is 3.36. The lowest BCUT2D eigenvalue weighted by molar-refractivity contribution is -0.275. The number of nitrogens with one attached hydrogen (secondary N) is 2. The summed E-state index contributed by atoms with van der Waals surface area (Å²) in [6, 6.07) is 7.55. The molecule has 0 unspecified atom stereocenters. The first-order valence-electron chi connectivity index (χ1n) is 10.4. The Kier molecular flexibility index (Phi) is 6.26. The Labute approximate surface area is 200 Å². The van der Waals surface area contributed by atoms with E-state index in [1.54, 1.807) is 18.2 Å². The number of aliphatic hydroxyl groups is 1. The molecule has 4 aromatic rings. The fourth-order valence-corrected chi connectivity index (χ4v) is 3.57. The van der Waals surface area contributed by atoms with Crippen LogP contribution in [0.5, 0.6) is 5.75 Å². The van der Waals surface area contributed by atoms with Crippen molar-refractivity contribution in [3.63, 3.8) is 0 Å². The number of rotatable bonds is 6. The molecule has 188 valence electrons. The molecule has 3 heterocycles. The van der Waals surface area contributed by atoms with Crippen molar-refractivity contribution in [3.8, 4) is 17.1 Å². The minimum Gasteiger partial charge on any atom is -0.403 e. The van der Waals surface area contributed by atoms with Gasteiger partial charge in [0.15, 0.2) is 17.2 Å². The van der Waals surface area contributed by atoms with E-state index in [-0.39, 0.29) is 22.5 Å². The smallest absolute Gasteiger partial charge is 0.403 e. The van der Waals surface area contributed by atoms with Crippen molar-refractivity contribution in [3.05, 3.63) is 82.2 Å². The Balaban J connectivity index is 1.69. The number of ether oxygens (including phenoxy) is 1. The molecule has 0 saturated heterocycles. The molecule has 0 aliphatic carbocycles. The number of aromatic nitrogens is 4. The molecule has 0 aliphatic heterocycles. The highest BCUT2D eigenvalue weighted by atomic mass is 19.4. The van der Waals surface area contributed by atoms with Crippen molar-refractivity contribution in [1.82, 2.24) is 24.9 Å². The highest BCUT2D eigenvalue weighted by Gasteiger charge is 2.34. The number of carbonyl (C=O) groups excluding carboxylic acids is 1. The highest BCUT2D eigenvalue weighted by Crippen LogP contribution is 2.31. The normalized spacial score (nSPS) is 13.0. The van der Waals surface area contributed by atoms with Gasteiger partial charge in [-0.2, -0.15) is 0 Å². The largest absolute Gasteiger partial charge is 0.573 e. The first kappa shape index (κ1) is 24.9. The van der Waals surface area contributed by atoms with Gasteiger partial charge in [-0.3, -0.25) is 19.7 Å². The van der Waals surface area contributed by atoms with Crippen LogP contribution >= 0.6 is 0 Å². The average molecular weight is 505 g/mol. The Hall–Kier alpha value is -4.26. The van der Waals surface area contributed by atoms with Crippen LogP contribution in [0, 0.1) is 5.82 Å². The van der Waals surface area contributed by atoms with Crippen LogP contribution < -0.4 is 15.6 Å². The van der Waals surface area contributed by atoms with Crippen LogP contribution in [0.15, 0.2) is 59.7 Å². The number of nitrogens with zero attached hydrogens (tertiary/aromatic N) is 3. The third-order valence-electron chi connectivity index (χ3n) is 5.17. The van der Waals surface area contributed by atoms with Crippen molar-refractivity contribution in [2.24, 2.45) is 0 Å². The molecule has 9 nitrogen and oxygen atoms in total. The van der Waals surface area contributed by atoms with E-state index in [0.717, 1.165) is 22.7 Å². The lowest BCUT2D eigenvalue weighted by Crippen LogP contribution is -2.42. The molecular formula is C23H19F4N5O4. The number of hydrogen-bond donors (Lipinski definition) is 3. The Morgan fingerprint density at radius 3 is 2.53 bits per heavy atom. The number of halogens is 4. The second-order valence-corrected chi connectivity index (χ2v) is 8.34. The van der Waals surface area contributed by atoms with Crippen LogP contribution in [0.1, 0.15) is 35.8 Å². The van der Waals surface area contributed by atoms with E-state index in [1.165, 1.54) is 32.3 Å². The van der Waals surface area contributed by atoms with Gasteiger partial charge in [0.1, 0.15) is 5.56 Å². The van der Waals surface area contributed by atoms with Crippen LogP contribution in [0.25, 0.3) is 17.0 Å². The van der Waals surface area contributed by atoms with Crippen LogP contribution in [0.2, 0.25) is 0 Å². The van der Waals surface area contributed by atoms with Gasteiger partial charge in [-0.15, -0.1) is 13.2 Å². The zero-order valence-electron chi connectivity index (χ0n) is 18.8. The van der Waals surface area contributed by atoms with E-state index in [1.807, 2.05) is 0 Å². The number of alkyl halides is 3. The molecule has 3 N–H and O–H groups in total. The maximum atomic E-state index is 14.3. The van der Waals surface area contributed by atoms with Crippen LogP contribution in [0.4, 0.5) is 17.6 Å². The number of amides is 1. The SMILES string of the molecule is CC(C)(O)[C@@H](NC(=O)c1c[nH]n2c(=O)cc(-c3ccccn3)nc12)c1ccc(OC(F)(F)F)c(F)c1. The summed E-state index contributed by atoms with van der Waals surface area (Å²) in [7, 11) is 0. The minimum absolute atomic E-state index is 0.0259.